The Labute approximate surface area is 188 Å². The van der Waals surface area contributed by atoms with E-state index in [1.165, 1.54) is 17.7 Å². The molecular formula is C26H26N2O3S. The molecule has 1 N–H and O–H groups in total. The summed E-state index contributed by atoms with van der Waals surface area (Å²) in [5.74, 6) is -0.646. The zero-order valence-electron chi connectivity index (χ0n) is 18.6. The second-order valence-corrected chi connectivity index (χ2v) is 9.93. The minimum atomic E-state index is -3.98. The Balaban J connectivity index is 1.82. The van der Waals surface area contributed by atoms with Gasteiger partial charge in [-0.1, -0.05) is 48.0 Å². The number of amides is 1. The number of fused-ring (bicyclic) bond motifs is 1. The van der Waals surface area contributed by atoms with E-state index in [0.717, 1.165) is 33.2 Å². The van der Waals surface area contributed by atoms with Crippen molar-refractivity contribution in [2.24, 2.45) is 0 Å². The number of benzene rings is 3. The lowest BCUT2D eigenvalue weighted by atomic mass is 9.99. The first kappa shape index (κ1) is 21.8. The van der Waals surface area contributed by atoms with Gasteiger partial charge in [0.25, 0.3) is 15.9 Å². The van der Waals surface area contributed by atoms with Crippen LogP contribution in [0.3, 0.4) is 0 Å². The summed E-state index contributed by atoms with van der Waals surface area (Å²) in [6.45, 7) is 8.64. The summed E-state index contributed by atoms with van der Waals surface area (Å²) in [4.78, 5) is 13.3. The molecule has 1 heterocycles. The predicted octanol–water partition coefficient (Wildman–Crippen LogP) is 5.04. The zero-order chi connectivity index (χ0) is 23.0. The third-order valence-corrected chi connectivity index (χ3v) is 7.18. The van der Waals surface area contributed by atoms with E-state index in [1.807, 2.05) is 29.7 Å². The summed E-state index contributed by atoms with van der Waals surface area (Å²) in [6.07, 6.45) is 0. The Hall–Kier alpha value is -3.38. The van der Waals surface area contributed by atoms with Crippen molar-refractivity contribution in [3.05, 3.63) is 100 Å². The number of nitrogens with one attached hydrogen (secondary N) is 1. The SMILES string of the molecule is Cc1cc(C)c(Cn2c(C(=O)NS(=O)(=O)c3ccccc3)cc3c(C)cccc32)c(C)c1. The summed E-state index contributed by atoms with van der Waals surface area (Å²) in [5, 5.41) is 0.928. The van der Waals surface area contributed by atoms with E-state index in [1.54, 1.807) is 24.3 Å². The van der Waals surface area contributed by atoms with Crippen molar-refractivity contribution in [2.75, 3.05) is 0 Å². The molecule has 0 radical (unpaired) electrons. The molecule has 5 nitrogen and oxygen atoms in total. The van der Waals surface area contributed by atoms with E-state index < -0.39 is 15.9 Å². The maximum absolute atomic E-state index is 13.2. The van der Waals surface area contributed by atoms with Crippen LogP contribution in [-0.4, -0.2) is 18.9 Å². The first-order chi connectivity index (χ1) is 15.2. The molecule has 1 aromatic heterocycles. The highest BCUT2D eigenvalue weighted by Gasteiger charge is 2.23. The molecule has 0 spiro atoms. The molecule has 32 heavy (non-hydrogen) atoms. The van der Waals surface area contributed by atoms with Gasteiger partial charge < -0.3 is 4.57 Å². The number of rotatable bonds is 5. The van der Waals surface area contributed by atoms with Crippen LogP contribution >= 0.6 is 0 Å². The Kier molecular flexibility index (Phi) is 5.65. The van der Waals surface area contributed by atoms with Crippen LogP contribution < -0.4 is 4.72 Å². The Bertz CT molecular complexity index is 1410. The lowest BCUT2D eigenvalue weighted by Gasteiger charge is -2.16. The molecule has 4 rings (SSSR count). The highest BCUT2D eigenvalue weighted by Crippen LogP contribution is 2.27. The minimum absolute atomic E-state index is 0.0532. The van der Waals surface area contributed by atoms with Crippen LogP contribution in [-0.2, 0) is 16.6 Å². The molecule has 0 aliphatic heterocycles. The highest BCUT2D eigenvalue weighted by atomic mass is 32.2. The molecule has 0 unspecified atom stereocenters. The predicted molar refractivity (Wildman–Crippen MR) is 128 cm³/mol. The quantitative estimate of drug-likeness (QED) is 0.467. The lowest BCUT2D eigenvalue weighted by Crippen LogP contribution is -2.32. The van der Waals surface area contributed by atoms with Crippen LogP contribution in [0.4, 0.5) is 0 Å². The number of sulfonamides is 1. The molecule has 0 saturated heterocycles. The summed E-state index contributed by atoms with van der Waals surface area (Å²) >= 11 is 0. The Morgan fingerprint density at radius 3 is 2.16 bits per heavy atom. The molecule has 6 heteroatoms. The molecule has 164 valence electrons. The average Bonchev–Trinajstić information content (AvgIpc) is 3.11. The van der Waals surface area contributed by atoms with E-state index in [2.05, 4.69) is 37.6 Å². The fourth-order valence-corrected chi connectivity index (χ4v) is 5.22. The second kappa shape index (κ2) is 8.28. The summed E-state index contributed by atoms with van der Waals surface area (Å²) in [6, 6.07) is 19.8. The summed E-state index contributed by atoms with van der Waals surface area (Å²) in [7, 11) is -3.98. The zero-order valence-corrected chi connectivity index (χ0v) is 19.5. The topological polar surface area (TPSA) is 68.2 Å². The lowest BCUT2D eigenvalue weighted by molar-refractivity contribution is 0.0973. The third-order valence-electron chi connectivity index (χ3n) is 5.83. The molecule has 0 fully saturated rings. The van der Waals surface area contributed by atoms with Gasteiger partial charge in [-0.15, -0.1) is 0 Å². The normalized spacial score (nSPS) is 11.6. The van der Waals surface area contributed by atoms with Crippen LogP contribution in [0.1, 0.15) is 38.3 Å². The van der Waals surface area contributed by atoms with Gasteiger partial charge in [-0.25, -0.2) is 13.1 Å². The van der Waals surface area contributed by atoms with E-state index >= 15 is 0 Å². The van der Waals surface area contributed by atoms with Crippen molar-refractivity contribution >= 4 is 26.8 Å². The van der Waals surface area contributed by atoms with E-state index in [4.69, 9.17) is 0 Å². The highest BCUT2D eigenvalue weighted by molar-refractivity contribution is 7.90. The maximum Gasteiger partial charge on any atom is 0.281 e. The summed E-state index contributed by atoms with van der Waals surface area (Å²) in [5.41, 5.74) is 6.82. The van der Waals surface area contributed by atoms with Crippen LogP contribution in [0.5, 0.6) is 0 Å². The van der Waals surface area contributed by atoms with Gasteiger partial charge in [0.05, 0.1) is 4.90 Å². The molecule has 4 aromatic rings. The average molecular weight is 447 g/mol. The number of hydrogen-bond donors (Lipinski definition) is 1. The largest absolute Gasteiger partial charge is 0.332 e. The summed E-state index contributed by atoms with van der Waals surface area (Å²) < 4.78 is 29.7. The number of aromatic nitrogens is 1. The second-order valence-electron chi connectivity index (χ2n) is 8.25. The van der Waals surface area contributed by atoms with Gasteiger partial charge in [0.15, 0.2) is 0 Å². The van der Waals surface area contributed by atoms with E-state index in [-0.39, 0.29) is 4.90 Å². The smallest absolute Gasteiger partial charge is 0.281 e. The Morgan fingerprint density at radius 1 is 0.844 bits per heavy atom. The third kappa shape index (κ3) is 4.06. The van der Waals surface area contributed by atoms with Crippen molar-refractivity contribution in [2.45, 2.75) is 39.1 Å². The van der Waals surface area contributed by atoms with Gasteiger partial charge in [0.1, 0.15) is 5.69 Å². The first-order valence-corrected chi connectivity index (χ1v) is 11.9. The van der Waals surface area contributed by atoms with Crippen molar-refractivity contribution < 1.29 is 13.2 Å². The maximum atomic E-state index is 13.2. The molecular weight excluding hydrogens is 420 g/mol. The van der Waals surface area contributed by atoms with Gasteiger partial charge in [-0.05, 0) is 74.2 Å². The molecule has 0 aliphatic carbocycles. The Morgan fingerprint density at radius 2 is 1.50 bits per heavy atom. The fourth-order valence-electron chi connectivity index (χ4n) is 4.24. The van der Waals surface area contributed by atoms with Gasteiger partial charge in [0.2, 0.25) is 0 Å². The molecule has 0 aliphatic rings. The molecule has 0 bridgehead atoms. The fraction of sp³-hybridized carbons (Fsp3) is 0.192. The van der Waals surface area contributed by atoms with Crippen molar-refractivity contribution in [1.29, 1.82) is 0 Å². The van der Waals surface area contributed by atoms with E-state index in [9.17, 15) is 13.2 Å². The van der Waals surface area contributed by atoms with Gasteiger partial charge in [0, 0.05) is 17.4 Å². The van der Waals surface area contributed by atoms with Gasteiger partial charge >= 0.3 is 0 Å². The van der Waals surface area contributed by atoms with Gasteiger partial charge in [-0.3, -0.25) is 4.79 Å². The molecule has 0 saturated carbocycles. The number of carbonyl (C=O) groups is 1. The van der Waals surface area contributed by atoms with Crippen molar-refractivity contribution in [3.8, 4) is 0 Å². The first-order valence-electron chi connectivity index (χ1n) is 10.4. The van der Waals surface area contributed by atoms with E-state index in [0.29, 0.717) is 12.2 Å². The van der Waals surface area contributed by atoms with Crippen molar-refractivity contribution in [3.63, 3.8) is 0 Å². The number of aryl methyl sites for hydroxylation is 4. The van der Waals surface area contributed by atoms with Crippen LogP contribution in [0, 0.1) is 27.7 Å². The van der Waals surface area contributed by atoms with Gasteiger partial charge in [-0.2, -0.15) is 0 Å². The standard InChI is InChI=1S/C26H26N2O3S/c1-17-13-19(3)23(20(4)14-17)16-28-24-12-8-9-18(2)22(24)15-25(28)26(29)27-32(30,31)21-10-6-5-7-11-21/h5-15H,16H2,1-4H3,(H,27,29). The number of hydrogen-bond acceptors (Lipinski definition) is 3. The number of nitrogens with zero attached hydrogens (tertiary/aromatic N) is 1. The molecule has 1 amide bonds. The van der Waals surface area contributed by atoms with Crippen LogP contribution in [0.15, 0.2) is 71.6 Å². The minimum Gasteiger partial charge on any atom is -0.332 e. The van der Waals surface area contributed by atoms with Crippen LogP contribution in [0.2, 0.25) is 0 Å². The molecule has 3 aromatic carbocycles. The monoisotopic (exact) mass is 446 g/mol. The van der Waals surface area contributed by atoms with Crippen molar-refractivity contribution in [1.82, 2.24) is 9.29 Å². The van der Waals surface area contributed by atoms with Crippen LogP contribution in [0.25, 0.3) is 10.9 Å². The number of carbonyl (C=O) groups excluding carboxylic acids is 1. The molecule has 0 atom stereocenters.